The van der Waals surface area contributed by atoms with Crippen molar-refractivity contribution in [3.63, 3.8) is 0 Å². The monoisotopic (exact) mass is 197 g/mol. The van der Waals surface area contributed by atoms with E-state index in [1.807, 2.05) is 0 Å². The van der Waals surface area contributed by atoms with Crippen molar-refractivity contribution in [2.75, 3.05) is 13.6 Å². The zero-order valence-electron chi connectivity index (χ0n) is 9.66. The molecule has 0 aliphatic heterocycles. The first-order chi connectivity index (χ1) is 6.65. The fourth-order valence-corrected chi connectivity index (χ4v) is 1.56. The standard InChI is InChI=1S/C11H23N3/c1-4-5-11(12)13-8-9(2)14(3)10-6-7-10/h9-10H,4-8H2,1-3H3,(H2,12,13). The Kier molecular flexibility index (Phi) is 4.39. The van der Waals surface area contributed by atoms with Crippen molar-refractivity contribution in [2.24, 2.45) is 10.7 Å². The number of amidine groups is 1. The van der Waals surface area contributed by atoms with Gasteiger partial charge in [-0.15, -0.1) is 0 Å². The molecular formula is C11H23N3. The number of rotatable bonds is 6. The summed E-state index contributed by atoms with van der Waals surface area (Å²) in [6.07, 6.45) is 4.73. The van der Waals surface area contributed by atoms with Crippen LogP contribution < -0.4 is 5.73 Å². The number of aliphatic imine (C=N–C) groups is 1. The molecule has 0 amide bonds. The summed E-state index contributed by atoms with van der Waals surface area (Å²) in [5.41, 5.74) is 5.76. The molecule has 0 aromatic heterocycles. The predicted octanol–water partition coefficient (Wildman–Crippen LogP) is 1.63. The molecule has 0 bridgehead atoms. The van der Waals surface area contributed by atoms with Crippen molar-refractivity contribution in [3.8, 4) is 0 Å². The van der Waals surface area contributed by atoms with E-state index in [-0.39, 0.29) is 0 Å². The largest absolute Gasteiger partial charge is 0.387 e. The van der Waals surface area contributed by atoms with Gasteiger partial charge in [0.2, 0.25) is 0 Å². The second-order valence-electron chi connectivity index (χ2n) is 4.33. The van der Waals surface area contributed by atoms with Crippen molar-refractivity contribution in [3.05, 3.63) is 0 Å². The van der Waals surface area contributed by atoms with Gasteiger partial charge >= 0.3 is 0 Å². The Morgan fingerprint density at radius 1 is 1.57 bits per heavy atom. The third kappa shape index (κ3) is 3.66. The molecule has 1 aliphatic carbocycles. The van der Waals surface area contributed by atoms with E-state index in [9.17, 15) is 0 Å². The topological polar surface area (TPSA) is 41.6 Å². The van der Waals surface area contributed by atoms with Crippen LogP contribution in [0.1, 0.15) is 39.5 Å². The Balaban J connectivity index is 2.24. The molecular weight excluding hydrogens is 174 g/mol. The summed E-state index contributed by atoms with van der Waals surface area (Å²) >= 11 is 0. The lowest BCUT2D eigenvalue weighted by atomic mass is 10.3. The molecule has 1 saturated carbocycles. The van der Waals surface area contributed by atoms with Gasteiger partial charge < -0.3 is 5.73 Å². The smallest absolute Gasteiger partial charge is 0.0937 e. The van der Waals surface area contributed by atoms with Crippen LogP contribution in [0.3, 0.4) is 0 Å². The fraction of sp³-hybridized carbons (Fsp3) is 0.909. The van der Waals surface area contributed by atoms with Gasteiger partial charge in [0.1, 0.15) is 0 Å². The van der Waals surface area contributed by atoms with Crippen LogP contribution in [0.2, 0.25) is 0 Å². The van der Waals surface area contributed by atoms with Gasteiger partial charge in [-0.25, -0.2) is 0 Å². The lowest BCUT2D eigenvalue weighted by Gasteiger charge is -2.22. The minimum absolute atomic E-state index is 0.526. The maximum absolute atomic E-state index is 5.76. The highest BCUT2D eigenvalue weighted by molar-refractivity contribution is 5.80. The van der Waals surface area contributed by atoms with Crippen molar-refractivity contribution in [1.29, 1.82) is 0 Å². The van der Waals surface area contributed by atoms with Gasteiger partial charge in [-0.05, 0) is 33.2 Å². The molecule has 0 aromatic carbocycles. The van der Waals surface area contributed by atoms with E-state index in [1.165, 1.54) is 12.8 Å². The molecule has 0 spiro atoms. The van der Waals surface area contributed by atoms with Crippen LogP contribution in [-0.4, -0.2) is 36.4 Å². The van der Waals surface area contributed by atoms with Crippen LogP contribution in [-0.2, 0) is 0 Å². The number of likely N-dealkylation sites (N-methyl/N-ethyl adjacent to an activating group) is 1. The Morgan fingerprint density at radius 2 is 2.21 bits per heavy atom. The molecule has 0 saturated heterocycles. The molecule has 1 atom stereocenters. The lowest BCUT2D eigenvalue weighted by molar-refractivity contribution is 0.253. The fourth-order valence-electron chi connectivity index (χ4n) is 1.56. The van der Waals surface area contributed by atoms with Crippen LogP contribution >= 0.6 is 0 Å². The van der Waals surface area contributed by atoms with Crippen molar-refractivity contribution in [1.82, 2.24) is 4.90 Å². The van der Waals surface area contributed by atoms with Gasteiger partial charge in [-0.2, -0.15) is 0 Å². The van der Waals surface area contributed by atoms with E-state index in [2.05, 4.69) is 30.8 Å². The van der Waals surface area contributed by atoms with Crippen LogP contribution in [0.15, 0.2) is 4.99 Å². The second-order valence-corrected chi connectivity index (χ2v) is 4.33. The van der Waals surface area contributed by atoms with Crippen LogP contribution in [0.4, 0.5) is 0 Å². The zero-order chi connectivity index (χ0) is 10.6. The zero-order valence-corrected chi connectivity index (χ0v) is 9.66. The Hall–Kier alpha value is -0.570. The molecule has 3 heteroatoms. The highest BCUT2D eigenvalue weighted by atomic mass is 15.2. The molecule has 3 nitrogen and oxygen atoms in total. The number of nitrogens with two attached hydrogens (primary N) is 1. The molecule has 0 heterocycles. The number of nitrogens with zero attached hydrogens (tertiary/aromatic N) is 2. The van der Waals surface area contributed by atoms with Gasteiger partial charge in [0, 0.05) is 18.5 Å². The predicted molar refractivity (Wildman–Crippen MR) is 61.6 cm³/mol. The minimum Gasteiger partial charge on any atom is -0.387 e. The van der Waals surface area contributed by atoms with Crippen molar-refractivity contribution in [2.45, 2.75) is 51.6 Å². The third-order valence-corrected chi connectivity index (χ3v) is 2.88. The summed E-state index contributed by atoms with van der Waals surface area (Å²) in [6, 6.07) is 1.34. The van der Waals surface area contributed by atoms with Gasteiger partial charge in [-0.1, -0.05) is 6.92 Å². The van der Waals surface area contributed by atoms with Crippen LogP contribution in [0, 0.1) is 0 Å². The van der Waals surface area contributed by atoms with Crippen molar-refractivity contribution < 1.29 is 0 Å². The first-order valence-electron chi connectivity index (χ1n) is 5.65. The molecule has 14 heavy (non-hydrogen) atoms. The van der Waals surface area contributed by atoms with Gasteiger partial charge in [0.15, 0.2) is 0 Å². The maximum atomic E-state index is 5.76. The number of hydrogen-bond acceptors (Lipinski definition) is 2. The van der Waals surface area contributed by atoms with Crippen LogP contribution in [0.5, 0.6) is 0 Å². The summed E-state index contributed by atoms with van der Waals surface area (Å²) in [6.45, 7) is 5.20. The first-order valence-corrected chi connectivity index (χ1v) is 5.65. The average molecular weight is 197 g/mol. The van der Waals surface area contributed by atoms with Crippen molar-refractivity contribution >= 4 is 5.84 Å². The first kappa shape index (κ1) is 11.5. The van der Waals surface area contributed by atoms with E-state index in [0.29, 0.717) is 6.04 Å². The minimum atomic E-state index is 0.526. The summed E-state index contributed by atoms with van der Waals surface area (Å²) in [5.74, 6) is 0.809. The summed E-state index contributed by atoms with van der Waals surface area (Å²) < 4.78 is 0. The van der Waals surface area contributed by atoms with Gasteiger partial charge in [0.25, 0.3) is 0 Å². The quantitative estimate of drug-likeness (QED) is 0.519. The lowest BCUT2D eigenvalue weighted by Crippen LogP contribution is -2.33. The SMILES string of the molecule is CCCC(N)=NCC(C)N(C)C1CC1. The van der Waals surface area contributed by atoms with E-state index < -0.39 is 0 Å². The molecule has 1 rings (SSSR count). The van der Waals surface area contributed by atoms with Crippen LogP contribution in [0.25, 0.3) is 0 Å². The molecule has 0 aromatic rings. The van der Waals surface area contributed by atoms with E-state index >= 15 is 0 Å². The Morgan fingerprint density at radius 3 is 2.71 bits per heavy atom. The highest BCUT2D eigenvalue weighted by Crippen LogP contribution is 2.26. The Labute approximate surface area is 87.4 Å². The molecule has 1 fully saturated rings. The normalized spacial score (nSPS) is 20.1. The molecule has 0 radical (unpaired) electrons. The highest BCUT2D eigenvalue weighted by Gasteiger charge is 2.28. The summed E-state index contributed by atoms with van der Waals surface area (Å²) in [4.78, 5) is 6.82. The molecule has 82 valence electrons. The average Bonchev–Trinajstić information content (AvgIpc) is 2.96. The number of hydrogen-bond donors (Lipinski definition) is 1. The summed E-state index contributed by atoms with van der Waals surface area (Å²) in [7, 11) is 2.19. The van der Waals surface area contributed by atoms with E-state index in [4.69, 9.17) is 5.73 Å². The van der Waals surface area contributed by atoms with Gasteiger partial charge in [0.05, 0.1) is 12.4 Å². The second kappa shape index (κ2) is 5.35. The molecule has 1 unspecified atom stereocenters. The molecule has 1 aliphatic rings. The Bertz CT molecular complexity index is 197. The van der Waals surface area contributed by atoms with E-state index in [0.717, 1.165) is 31.3 Å². The third-order valence-electron chi connectivity index (χ3n) is 2.88. The molecule has 2 N–H and O–H groups in total. The maximum Gasteiger partial charge on any atom is 0.0937 e. The van der Waals surface area contributed by atoms with Gasteiger partial charge in [-0.3, -0.25) is 9.89 Å². The van der Waals surface area contributed by atoms with E-state index in [1.54, 1.807) is 0 Å². The summed E-state index contributed by atoms with van der Waals surface area (Å²) in [5, 5.41) is 0.